The summed E-state index contributed by atoms with van der Waals surface area (Å²) in [5.41, 5.74) is 1.25. The maximum Gasteiger partial charge on any atom is 0.191 e. The molecule has 2 aromatic carbocycles. The fraction of sp³-hybridized carbons (Fsp3) is 0.500. The van der Waals surface area contributed by atoms with Gasteiger partial charge < -0.3 is 15.5 Å². The first-order valence-corrected chi connectivity index (χ1v) is 10.1. The lowest BCUT2D eigenvalue weighted by Crippen LogP contribution is -2.49. The van der Waals surface area contributed by atoms with Gasteiger partial charge in [0.2, 0.25) is 0 Å². The predicted molar refractivity (Wildman–Crippen MR) is 125 cm³/mol. The number of halogens is 1. The molecule has 1 aliphatic carbocycles. The van der Waals surface area contributed by atoms with Gasteiger partial charge in [-0.2, -0.15) is 0 Å². The lowest BCUT2D eigenvalue weighted by atomic mass is 10.1. The van der Waals surface area contributed by atoms with Gasteiger partial charge in [-0.3, -0.25) is 0 Å². The highest BCUT2D eigenvalue weighted by Crippen LogP contribution is 2.29. The standard InChI is InChI=1S/C22H30N4.HI/c1-2-23-22(25-20-11-13-26(14-12-20)21-9-10-21)24-16-17-7-8-18-5-3-4-6-19(18)15-17;/h3-8,15,20-21H,2,9-14,16H2,1H3,(H2,23,24,25);1H. The Morgan fingerprint density at radius 3 is 2.48 bits per heavy atom. The summed E-state index contributed by atoms with van der Waals surface area (Å²) < 4.78 is 0. The Kier molecular flexibility index (Phi) is 7.35. The van der Waals surface area contributed by atoms with Crippen LogP contribution in [0, 0.1) is 0 Å². The van der Waals surface area contributed by atoms with Gasteiger partial charge in [-0.25, -0.2) is 4.99 Å². The molecule has 4 nitrogen and oxygen atoms in total. The van der Waals surface area contributed by atoms with Crippen LogP contribution in [0.2, 0.25) is 0 Å². The zero-order valence-electron chi connectivity index (χ0n) is 16.2. The van der Waals surface area contributed by atoms with E-state index in [9.17, 15) is 0 Å². The van der Waals surface area contributed by atoms with E-state index in [1.165, 1.54) is 55.1 Å². The maximum atomic E-state index is 4.83. The van der Waals surface area contributed by atoms with Crippen LogP contribution in [0.3, 0.4) is 0 Å². The number of likely N-dealkylation sites (tertiary alicyclic amines) is 1. The third-order valence-corrected chi connectivity index (χ3v) is 5.51. The van der Waals surface area contributed by atoms with Gasteiger partial charge in [-0.1, -0.05) is 36.4 Å². The Bertz CT molecular complexity index is 764. The highest BCUT2D eigenvalue weighted by molar-refractivity contribution is 14.0. The summed E-state index contributed by atoms with van der Waals surface area (Å²) in [6.07, 6.45) is 5.26. The minimum Gasteiger partial charge on any atom is -0.357 e. The maximum absolute atomic E-state index is 4.83. The van der Waals surface area contributed by atoms with E-state index in [1.807, 2.05) is 0 Å². The average molecular weight is 478 g/mol. The second kappa shape index (κ2) is 9.73. The van der Waals surface area contributed by atoms with Crippen LogP contribution in [0.4, 0.5) is 0 Å². The number of hydrogen-bond donors (Lipinski definition) is 2. The van der Waals surface area contributed by atoms with Crippen LogP contribution < -0.4 is 10.6 Å². The molecule has 4 rings (SSSR count). The van der Waals surface area contributed by atoms with Crippen molar-refractivity contribution in [3.05, 3.63) is 48.0 Å². The number of nitrogens with one attached hydrogen (secondary N) is 2. The molecule has 5 heteroatoms. The highest BCUT2D eigenvalue weighted by Gasteiger charge is 2.31. The molecule has 0 spiro atoms. The van der Waals surface area contributed by atoms with Crippen molar-refractivity contribution in [1.29, 1.82) is 0 Å². The number of benzene rings is 2. The normalized spacial score (nSPS) is 18.9. The van der Waals surface area contributed by atoms with Crippen molar-refractivity contribution >= 4 is 40.7 Å². The van der Waals surface area contributed by atoms with E-state index >= 15 is 0 Å². The summed E-state index contributed by atoms with van der Waals surface area (Å²) in [6, 6.07) is 16.6. The first kappa shape index (κ1) is 20.4. The SMILES string of the molecule is CCNC(=NCc1ccc2ccccc2c1)NC1CCN(C2CC2)CC1.I. The first-order chi connectivity index (χ1) is 12.8. The molecule has 1 heterocycles. The van der Waals surface area contributed by atoms with E-state index in [4.69, 9.17) is 4.99 Å². The van der Waals surface area contributed by atoms with Crippen molar-refractivity contribution in [2.24, 2.45) is 4.99 Å². The van der Waals surface area contributed by atoms with Gasteiger partial charge in [0.1, 0.15) is 0 Å². The summed E-state index contributed by atoms with van der Waals surface area (Å²) in [5.74, 6) is 0.950. The van der Waals surface area contributed by atoms with E-state index in [0.717, 1.165) is 18.5 Å². The Morgan fingerprint density at radius 2 is 1.78 bits per heavy atom. The molecule has 0 bridgehead atoms. The molecule has 0 unspecified atom stereocenters. The van der Waals surface area contributed by atoms with Crippen LogP contribution in [0.5, 0.6) is 0 Å². The lowest BCUT2D eigenvalue weighted by Gasteiger charge is -2.33. The molecule has 1 saturated heterocycles. The predicted octanol–water partition coefficient (Wildman–Crippen LogP) is 4.14. The number of piperidine rings is 1. The van der Waals surface area contributed by atoms with E-state index in [1.54, 1.807) is 0 Å². The Labute approximate surface area is 179 Å². The molecule has 0 amide bonds. The first-order valence-electron chi connectivity index (χ1n) is 10.1. The minimum atomic E-state index is 0. The zero-order valence-corrected chi connectivity index (χ0v) is 18.5. The van der Waals surface area contributed by atoms with Gasteiger partial charge >= 0.3 is 0 Å². The summed E-state index contributed by atoms with van der Waals surface area (Å²) in [4.78, 5) is 7.50. The fourth-order valence-corrected chi connectivity index (χ4v) is 3.87. The Morgan fingerprint density at radius 1 is 1.04 bits per heavy atom. The number of guanidine groups is 1. The Hall–Kier alpha value is -1.34. The number of nitrogens with zero attached hydrogens (tertiary/aromatic N) is 2. The molecular weight excluding hydrogens is 447 g/mol. The summed E-state index contributed by atoms with van der Waals surface area (Å²) in [5, 5.41) is 9.63. The number of hydrogen-bond acceptors (Lipinski definition) is 2. The molecule has 146 valence electrons. The van der Waals surface area contributed by atoms with Gasteiger partial charge in [0, 0.05) is 31.7 Å². The van der Waals surface area contributed by atoms with Crippen LogP contribution in [0.25, 0.3) is 10.8 Å². The van der Waals surface area contributed by atoms with Gasteiger partial charge in [-0.05, 0) is 55.0 Å². The third-order valence-electron chi connectivity index (χ3n) is 5.51. The van der Waals surface area contributed by atoms with Crippen molar-refractivity contribution < 1.29 is 0 Å². The largest absolute Gasteiger partial charge is 0.357 e. The molecule has 0 aromatic heterocycles. The van der Waals surface area contributed by atoms with Crippen LogP contribution >= 0.6 is 24.0 Å². The van der Waals surface area contributed by atoms with Crippen molar-refractivity contribution in [3.8, 4) is 0 Å². The Balaban J connectivity index is 0.00000210. The summed E-state index contributed by atoms with van der Waals surface area (Å²) in [6.45, 7) is 6.19. The van der Waals surface area contributed by atoms with Crippen LogP contribution in [-0.2, 0) is 6.54 Å². The highest BCUT2D eigenvalue weighted by atomic mass is 127. The van der Waals surface area contributed by atoms with Crippen LogP contribution in [0.15, 0.2) is 47.5 Å². The topological polar surface area (TPSA) is 39.7 Å². The quantitative estimate of drug-likeness (QED) is 0.386. The molecule has 2 aliphatic rings. The zero-order chi connectivity index (χ0) is 17.8. The molecular formula is C22H31IN4. The van der Waals surface area contributed by atoms with Crippen molar-refractivity contribution in [3.63, 3.8) is 0 Å². The molecule has 0 radical (unpaired) electrons. The summed E-state index contributed by atoms with van der Waals surface area (Å²) in [7, 11) is 0. The van der Waals surface area contributed by atoms with E-state index < -0.39 is 0 Å². The number of aliphatic imine (C=N–C) groups is 1. The van der Waals surface area contributed by atoms with Gasteiger partial charge in [0.15, 0.2) is 5.96 Å². The molecule has 0 atom stereocenters. The number of rotatable bonds is 5. The molecule has 27 heavy (non-hydrogen) atoms. The molecule has 2 aromatic rings. The molecule has 1 saturated carbocycles. The van der Waals surface area contributed by atoms with Crippen LogP contribution in [0.1, 0.15) is 38.2 Å². The molecule has 2 fully saturated rings. The smallest absolute Gasteiger partial charge is 0.191 e. The monoisotopic (exact) mass is 478 g/mol. The van der Waals surface area contributed by atoms with Crippen LogP contribution in [-0.4, -0.2) is 42.6 Å². The van der Waals surface area contributed by atoms with Gasteiger partial charge in [-0.15, -0.1) is 24.0 Å². The number of fused-ring (bicyclic) bond motifs is 1. The minimum absolute atomic E-state index is 0. The van der Waals surface area contributed by atoms with Gasteiger partial charge in [0.05, 0.1) is 6.54 Å². The second-order valence-corrected chi connectivity index (χ2v) is 7.56. The lowest BCUT2D eigenvalue weighted by molar-refractivity contribution is 0.197. The summed E-state index contributed by atoms with van der Waals surface area (Å²) >= 11 is 0. The average Bonchev–Trinajstić information content (AvgIpc) is 3.52. The van der Waals surface area contributed by atoms with Crippen molar-refractivity contribution in [2.75, 3.05) is 19.6 Å². The third kappa shape index (κ3) is 5.57. The van der Waals surface area contributed by atoms with E-state index in [2.05, 4.69) is 64.9 Å². The molecule has 2 N–H and O–H groups in total. The van der Waals surface area contributed by atoms with Crippen molar-refractivity contribution in [2.45, 2.75) is 51.2 Å². The fourth-order valence-electron chi connectivity index (χ4n) is 3.87. The van der Waals surface area contributed by atoms with Crippen molar-refractivity contribution in [1.82, 2.24) is 15.5 Å². The van der Waals surface area contributed by atoms with E-state index in [-0.39, 0.29) is 24.0 Å². The van der Waals surface area contributed by atoms with Gasteiger partial charge in [0.25, 0.3) is 0 Å². The second-order valence-electron chi connectivity index (χ2n) is 7.56. The molecule has 1 aliphatic heterocycles. The van der Waals surface area contributed by atoms with E-state index in [0.29, 0.717) is 12.6 Å².